The van der Waals surface area contributed by atoms with Gasteiger partial charge in [-0.1, -0.05) is 0 Å². The van der Waals surface area contributed by atoms with Crippen LogP contribution in [0.1, 0.15) is 5.56 Å². The van der Waals surface area contributed by atoms with Crippen LogP contribution in [0.25, 0.3) is 0 Å². The van der Waals surface area contributed by atoms with Gasteiger partial charge in [-0.15, -0.1) is 5.10 Å². The largest absolute Gasteiger partial charge is 0.454 e. The number of nitrogens with one attached hydrogen (secondary N) is 2. The van der Waals surface area contributed by atoms with Crippen LogP contribution in [0, 0.1) is 0 Å². The molecule has 1 aliphatic rings. The van der Waals surface area contributed by atoms with Gasteiger partial charge in [0.1, 0.15) is 0 Å². The molecule has 4 rings (SSSR count). The van der Waals surface area contributed by atoms with Crippen molar-refractivity contribution in [1.29, 1.82) is 0 Å². The van der Waals surface area contributed by atoms with Gasteiger partial charge in [0.25, 0.3) is 0 Å². The number of nitrogens with zero attached hydrogens (tertiary/aromatic N) is 3. The van der Waals surface area contributed by atoms with Crippen LogP contribution < -0.4 is 20.1 Å². The van der Waals surface area contributed by atoms with Crippen LogP contribution in [-0.4, -0.2) is 22.0 Å². The molecule has 0 radical (unpaired) electrons. The molecule has 10 heteroatoms. The highest BCUT2D eigenvalue weighted by Gasteiger charge is 2.29. The lowest BCUT2D eigenvalue weighted by Crippen LogP contribution is -2.05. The third kappa shape index (κ3) is 3.84. The van der Waals surface area contributed by atoms with Gasteiger partial charge >= 0.3 is 6.18 Å². The molecule has 0 saturated heterocycles. The van der Waals surface area contributed by atoms with Crippen molar-refractivity contribution in [2.45, 2.75) is 6.18 Å². The van der Waals surface area contributed by atoms with Crippen molar-refractivity contribution in [2.75, 3.05) is 17.4 Å². The number of hydrogen-bond acceptors (Lipinski definition) is 7. The highest BCUT2D eigenvalue weighted by atomic mass is 19.4. The summed E-state index contributed by atoms with van der Waals surface area (Å²) in [5, 5.41) is 13.6. The molecule has 0 bridgehead atoms. The highest BCUT2D eigenvalue weighted by molar-refractivity contribution is 5.62. The molecule has 1 aliphatic heterocycles. The van der Waals surface area contributed by atoms with Gasteiger partial charge in [0.2, 0.25) is 12.7 Å². The van der Waals surface area contributed by atoms with E-state index in [9.17, 15) is 13.2 Å². The minimum atomic E-state index is -4.38. The lowest BCUT2D eigenvalue weighted by atomic mass is 10.2. The van der Waals surface area contributed by atoms with Gasteiger partial charge in [0.05, 0.1) is 11.8 Å². The number of halogens is 3. The summed E-state index contributed by atoms with van der Waals surface area (Å²) in [5.74, 6) is 1.79. The Morgan fingerprint density at radius 3 is 2.41 bits per heavy atom. The van der Waals surface area contributed by atoms with E-state index < -0.39 is 11.7 Å². The van der Waals surface area contributed by atoms with E-state index in [1.165, 1.54) is 18.3 Å². The van der Waals surface area contributed by atoms with Crippen LogP contribution in [-0.2, 0) is 6.18 Å². The number of anilines is 4. The Bertz CT molecular complexity index is 964. The van der Waals surface area contributed by atoms with Gasteiger partial charge in [-0.2, -0.15) is 23.3 Å². The number of alkyl halides is 3. The number of benzene rings is 2. The van der Waals surface area contributed by atoms with Gasteiger partial charge in [-0.25, -0.2) is 0 Å². The zero-order valence-corrected chi connectivity index (χ0v) is 13.6. The van der Waals surface area contributed by atoms with Crippen molar-refractivity contribution in [3.63, 3.8) is 0 Å². The van der Waals surface area contributed by atoms with Crippen molar-refractivity contribution in [2.24, 2.45) is 0 Å². The molecule has 3 aromatic rings. The van der Waals surface area contributed by atoms with Crippen LogP contribution in [0.2, 0.25) is 0 Å². The van der Waals surface area contributed by atoms with E-state index in [2.05, 4.69) is 25.8 Å². The maximum atomic E-state index is 12.6. The molecule has 0 unspecified atom stereocenters. The van der Waals surface area contributed by atoms with E-state index in [1.807, 2.05) is 0 Å². The van der Waals surface area contributed by atoms with Crippen molar-refractivity contribution >= 4 is 23.1 Å². The zero-order chi connectivity index (χ0) is 18.9. The summed E-state index contributed by atoms with van der Waals surface area (Å²) in [5.41, 5.74) is 0.393. The lowest BCUT2D eigenvalue weighted by Gasteiger charge is -2.10. The number of hydrogen-bond donors (Lipinski definition) is 2. The smallest absolute Gasteiger partial charge is 0.416 e. The topological polar surface area (TPSA) is 81.2 Å². The molecule has 0 fully saturated rings. The molecule has 2 heterocycles. The minimum Gasteiger partial charge on any atom is -0.454 e. The molecule has 0 saturated carbocycles. The second kappa shape index (κ2) is 6.63. The molecule has 0 aliphatic carbocycles. The Morgan fingerprint density at radius 1 is 0.889 bits per heavy atom. The summed E-state index contributed by atoms with van der Waals surface area (Å²) in [4.78, 5) is 4.24. The van der Waals surface area contributed by atoms with Crippen LogP contribution in [0.5, 0.6) is 11.5 Å². The monoisotopic (exact) mass is 375 g/mol. The van der Waals surface area contributed by atoms with E-state index in [0.29, 0.717) is 28.7 Å². The molecular formula is C17H12F3N5O2. The standard InChI is InChI=1S/C17H12F3N5O2/c18-17(19,20)10-1-3-11(4-2-10)22-15-8-21-25-16(24-15)23-12-5-6-13-14(7-12)27-9-26-13/h1-8H,9H2,(H2,22,23,24,25). The molecule has 27 heavy (non-hydrogen) atoms. The Morgan fingerprint density at radius 2 is 1.63 bits per heavy atom. The van der Waals surface area contributed by atoms with E-state index in [0.717, 1.165) is 12.1 Å². The molecule has 0 atom stereocenters. The van der Waals surface area contributed by atoms with Gasteiger partial charge < -0.3 is 20.1 Å². The first-order chi connectivity index (χ1) is 13.0. The molecule has 2 aromatic carbocycles. The molecule has 2 N–H and O–H groups in total. The average Bonchev–Trinajstić information content (AvgIpc) is 3.09. The van der Waals surface area contributed by atoms with Gasteiger partial charge in [0.15, 0.2) is 17.3 Å². The number of ether oxygens (including phenoxy) is 2. The maximum absolute atomic E-state index is 12.6. The summed E-state index contributed by atoms with van der Waals surface area (Å²) >= 11 is 0. The van der Waals surface area contributed by atoms with Gasteiger partial charge in [0, 0.05) is 17.4 Å². The fourth-order valence-electron chi connectivity index (χ4n) is 2.41. The van der Waals surface area contributed by atoms with E-state index >= 15 is 0 Å². The number of rotatable bonds is 4. The van der Waals surface area contributed by atoms with Crippen molar-refractivity contribution in [1.82, 2.24) is 15.2 Å². The SMILES string of the molecule is FC(F)(F)c1ccc(Nc2cnnc(Nc3ccc4c(c3)OCO4)n2)cc1. The summed E-state index contributed by atoms with van der Waals surface area (Å²) in [6.07, 6.45) is -3.01. The molecule has 1 aromatic heterocycles. The third-order valence-corrected chi connectivity index (χ3v) is 3.67. The number of fused-ring (bicyclic) bond motifs is 1. The first kappa shape index (κ1) is 16.9. The third-order valence-electron chi connectivity index (χ3n) is 3.67. The molecular weight excluding hydrogens is 363 g/mol. The predicted molar refractivity (Wildman–Crippen MR) is 90.4 cm³/mol. The van der Waals surface area contributed by atoms with Crippen LogP contribution >= 0.6 is 0 Å². The highest BCUT2D eigenvalue weighted by Crippen LogP contribution is 2.35. The quantitative estimate of drug-likeness (QED) is 0.710. The Kier molecular flexibility index (Phi) is 4.15. The molecule has 138 valence electrons. The molecule has 0 spiro atoms. The van der Waals surface area contributed by atoms with Crippen LogP contribution in [0.15, 0.2) is 48.7 Å². The Hall–Kier alpha value is -3.56. The van der Waals surface area contributed by atoms with E-state index in [-0.39, 0.29) is 12.7 Å². The van der Waals surface area contributed by atoms with Crippen molar-refractivity contribution in [3.05, 3.63) is 54.2 Å². The Balaban J connectivity index is 1.47. The molecule has 0 amide bonds. The normalized spacial score (nSPS) is 12.7. The van der Waals surface area contributed by atoms with Gasteiger partial charge in [-0.3, -0.25) is 0 Å². The Labute approximate surface area is 151 Å². The second-order valence-electron chi connectivity index (χ2n) is 5.56. The first-order valence-corrected chi connectivity index (χ1v) is 7.78. The second-order valence-corrected chi connectivity index (χ2v) is 5.56. The maximum Gasteiger partial charge on any atom is 0.416 e. The molecule has 7 nitrogen and oxygen atoms in total. The van der Waals surface area contributed by atoms with Crippen LogP contribution in [0.4, 0.5) is 36.3 Å². The zero-order valence-electron chi connectivity index (χ0n) is 13.6. The summed E-state index contributed by atoms with van der Waals surface area (Å²) < 4.78 is 48.4. The fraction of sp³-hybridized carbons (Fsp3) is 0.118. The summed E-state index contributed by atoms with van der Waals surface area (Å²) in [7, 11) is 0. The van der Waals surface area contributed by atoms with Crippen molar-refractivity contribution in [3.8, 4) is 11.5 Å². The minimum absolute atomic E-state index is 0.170. The lowest BCUT2D eigenvalue weighted by molar-refractivity contribution is -0.137. The first-order valence-electron chi connectivity index (χ1n) is 7.78. The predicted octanol–water partition coefficient (Wildman–Crippen LogP) is 4.11. The summed E-state index contributed by atoms with van der Waals surface area (Å²) in [6, 6.07) is 9.87. The summed E-state index contributed by atoms with van der Waals surface area (Å²) in [6.45, 7) is 0.170. The van der Waals surface area contributed by atoms with Crippen molar-refractivity contribution < 1.29 is 22.6 Å². The van der Waals surface area contributed by atoms with Crippen LogP contribution in [0.3, 0.4) is 0 Å². The number of aromatic nitrogens is 3. The fourth-order valence-corrected chi connectivity index (χ4v) is 2.41. The average molecular weight is 375 g/mol. The van der Waals surface area contributed by atoms with E-state index in [1.54, 1.807) is 18.2 Å². The van der Waals surface area contributed by atoms with E-state index in [4.69, 9.17) is 9.47 Å². The van der Waals surface area contributed by atoms with Gasteiger partial charge in [-0.05, 0) is 36.4 Å².